The Balaban J connectivity index is 2.08. The monoisotopic (exact) mass is 430 g/mol. The summed E-state index contributed by atoms with van der Waals surface area (Å²) in [6, 6.07) is 0. The normalized spacial score (nSPS) is 24.5. The van der Waals surface area contributed by atoms with Gasteiger partial charge in [0, 0.05) is 26.2 Å². The fraction of sp³-hybridized carbons (Fsp3) is 0.800. The van der Waals surface area contributed by atoms with E-state index in [4.69, 9.17) is 28.4 Å². The van der Waals surface area contributed by atoms with Gasteiger partial charge in [0.15, 0.2) is 0 Å². The molecule has 30 heavy (non-hydrogen) atoms. The maximum absolute atomic E-state index is 12.7. The maximum Gasteiger partial charge on any atom is 0.248 e. The molecule has 0 aromatic heterocycles. The number of carbonyl (C=O) groups excluding carboxylic acids is 2. The van der Waals surface area contributed by atoms with Gasteiger partial charge in [-0.3, -0.25) is 9.59 Å². The first-order valence-electron chi connectivity index (χ1n) is 10.4. The Morgan fingerprint density at radius 1 is 0.833 bits per heavy atom. The molecule has 1 atom stereocenters. The molecule has 2 heterocycles. The van der Waals surface area contributed by atoms with Gasteiger partial charge in [-0.2, -0.15) is 0 Å². The molecule has 2 saturated heterocycles. The molecular formula is C20H34N2O8. The molecule has 10 nitrogen and oxygen atoms in total. The zero-order valence-electron chi connectivity index (χ0n) is 17.6. The second kappa shape index (κ2) is 15.3. The number of rotatable bonds is 4. The first-order valence-corrected chi connectivity index (χ1v) is 10.4. The highest BCUT2D eigenvalue weighted by molar-refractivity contribution is 5.78. The number of hydrogen-bond donors (Lipinski definition) is 0. The summed E-state index contributed by atoms with van der Waals surface area (Å²) in [5.41, 5.74) is 0. The van der Waals surface area contributed by atoms with E-state index in [0.717, 1.165) is 0 Å². The summed E-state index contributed by atoms with van der Waals surface area (Å²) in [4.78, 5) is 28.6. The van der Waals surface area contributed by atoms with Gasteiger partial charge in [0.25, 0.3) is 0 Å². The van der Waals surface area contributed by atoms with Gasteiger partial charge < -0.3 is 38.2 Å². The molecule has 0 aromatic carbocycles. The smallest absolute Gasteiger partial charge is 0.248 e. The lowest BCUT2D eigenvalue weighted by Crippen LogP contribution is -2.40. The quantitative estimate of drug-likeness (QED) is 0.329. The average Bonchev–Trinajstić information content (AvgIpc) is 2.75. The van der Waals surface area contributed by atoms with Crippen LogP contribution in [0.15, 0.2) is 12.7 Å². The molecule has 2 rings (SSSR count). The van der Waals surface area contributed by atoms with Crippen LogP contribution < -0.4 is 0 Å². The molecule has 0 aromatic rings. The van der Waals surface area contributed by atoms with Gasteiger partial charge >= 0.3 is 0 Å². The third kappa shape index (κ3) is 9.96. The van der Waals surface area contributed by atoms with Crippen LogP contribution in [0.1, 0.15) is 0 Å². The van der Waals surface area contributed by atoms with Crippen molar-refractivity contribution in [3.8, 4) is 0 Å². The summed E-state index contributed by atoms with van der Waals surface area (Å²) in [5.74, 6) is -0.315. The molecule has 10 heteroatoms. The minimum atomic E-state index is -0.475. The Labute approximate surface area is 177 Å². The van der Waals surface area contributed by atoms with E-state index >= 15 is 0 Å². The van der Waals surface area contributed by atoms with Crippen LogP contribution in [0.4, 0.5) is 0 Å². The van der Waals surface area contributed by atoms with Gasteiger partial charge in [0.2, 0.25) is 11.8 Å². The lowest BCUT2D eigenvalue weighted by atomic mass is 10.4. The predicted octanol–water partition coefficient (Wildman–Crippen LogP) is -0.675. The second-order valence-electron chi connectivity index (χ2n) is 6.87. The minimum Gasteiger partial charge on any atom is -0.378 e. The van der Waals surface area contributed by atoms with Crippen molar-refractivity contribution in [2.45, 2.75) is 6.10 Å². The second-order valence-corrected chi connectivity index (χ2v) is 6.87. The van der Waals surface area contributed by atoms with Crippen LogP contribution in [0.25, 0.3) is 0 Å². The van der Waals surface area contributed by atoms with E-state index in [9.17, 15) is 9.59 Å². The summed E-state index contributed by atoms with van der Waals surface area (Å²) < 4.78 is 33.5. The zero-order chi connectivity index (χ0) is 21.4. The van der Waals surface area contributed by atoms with E-state index in [1.807, 2.05) is 0 Å². The molecular weight excluding hydrogens is 396 g/mol. The van der Waals surface area contributed by atoms with E-state index in [1.165, 1.54) is 0 Å². The van der Waals surface area contributed by atoms with Gasteiger partial charge in [-0.15, -0.1) is 6.58 Å². The van der Waals surface area contributed by atoms with Gasteiger partial charge in [0.05, 0.1) is 59.5 Å². The average molecular weight is 430 g/mol. The maximum atomic E-state index is 12.7. The van der Waals surface area contributed by atoms with Crippen LogP contribution in [0.5, 0.6) is 0 Å². The molecule has 0 N–H and O–H groups in total. The van der Waals surface area contributed by atoms with E-state index in [1.54, 1.807) is 15.9 Å². The van der Waals surface area contributed by atoms with E-state index in [2.05, 4.69) is 6.58 Å². The first kappa shape index (κ1) is 24.7. The van der Waals surface area contributed by atoms with Crippen molar-refractivity contribution in [2.24, 2.45) is 0 Å². The largest absolute Gasteiger partial charge is 0.378 e. The van der Waals surface area contributed by atoms with Crippen molar-refractivity contribution in [1.29, 1.82) is 0 Å². The van der Waals surface area contributed by atoms with Crippen LogP contribution >= 0.6 is 0 Å². The highest BCUT2D eigenvalue weighted by atomic mass is 16.6. The molecule has 2 bridgehead atoms. The summed E-state index contributed by atoms with van der Waals surface area (Å²) in [7, 11) is 0. The molecule has 172 valence electrons. The zero-order valence-corrected chi connectivity index (χ0v) is 17.6. The first-order chi connectivity index (χ1) is 14.7. The van der Waals surface area contributed by atoms with E-state index < -0.39 is 6.10 Å². The molecule has 2 aliphatic rings. The molecule has 2 fully saturated rings. The SMILES string of the molecule is C=CCOCC1COCC(=O)N2CCOCCOCCN(CCOCC2)C(=O)CO1. The third-order valence-electron chi connectivity index (χ3n) is 4.61. The Morgan fingerprint density at radius 2 is 1.37 bits per heavy atom. The Bertz CT molecular complexity index is 519. The predicted molar refractivity (Wildman–Crippen MR) is 107 cm³/mol. The van der Waals surface area contributed by atoms with Crippen molar-refractivity contribution in [1.82, 2.24) is 9.80 Å². The van der Waals surface area contributed by atoms with Crippen LogP contribution in [-0.2, 0) is 38.0 Å². The van der Waals surface area contributed by atoms with Gasteiger partial charge in [-0.25, -0.2) is 0 Å². The molecule has 2 amide bonds. The van der Waals surface area contributed by atoms with Crippen LogP contribution in [0, 0.1) is 0 Å². The molecule has 0 spiro atoms. The highest BCUT2D eigenvalue weighted by Crippen LogP contribution is 2.02. The summed E-state index contributed by atoms with van der Waals surface area (Å²) >= 11 is 0. The molecule has 2 aliphatic heterocycles. The van der Waals surface area contributed by atoms with Crippen molar-refractivity contribution >= 4 is 11.8 Å². The number of hydrogen-bond acceptors (Lipinski definition) is 8. The topological polar surface area (TPSA) is 96.0 Å². The van der Waals surface area contributed by atoms with Gasteiger partial charge in [-0.05, 0) is 0 Å². The van der Waals surface area contributed by atoms with Crippen LogP contribution in [0.3, 0.4) is 0 Å². The van der Waals surface area contributed by atoms with E-state index in [0.29, 0.717) is 72.4 Å². The fourth-order valence-electron chi connectivity index (χ4n) is 2.92. The standard InChI is InChI=1S/C20H34N2O8/c1-2-7-28-14-18-15-29-16-19(23)21-3-8-25-9-4-22(20(24)17-30-18)6-11-27-13-12-26-10-5-21/h2,18H,1,3-17H2. The van der Waals surface area contributed by atoms with Gasteiger partial charge in [0.1, 0.15) is 19.3 Å². The van der Waals surface area contributed by atoms with Crippen LogP contribution in [-0.4, -0.2) is 127 Å². The van der Waals surface area contributed by atoms with Crippen LogP contribution in [0.2, 0.25) is 0 Å². The number of fused-ring (bicyclic) bond motifs is 6. The third-order valence-corrected chi connectivity index (χ3v) is 4.61. The molecule has 0 saturated carbocycles. The number of carbonyl (C=O) groups is 2. The molecule has 0 aliphatic carbocycles. The summed E-state index contributed by atoms with van der Waals surface area (Å²) in [6.07, 6.45) is 1.16. The van der Waals surface area contributed by atoms with Crippen molar-refractivity contribution < 1.29 is 38.0 Å². The van der Waals surface area contributed by atoms with Crippen molar-refractivity contribution in [3.63, 3.8) is 0 Å². The minimum absolute atomic E-state index is 0.0928. The fourth-order valence-corrected chi connectivity index (χ4v) is 2.92. The highest BCUT2D eigenvalue weighted by Gasteiger charge is 2.20. The molecule has 0 radical (unpaired) electrons. The van der Waals surface area contributed by atoms with Crippen molar-refractivity contribution in [3.05, 3.63) is 12.7 Å². The Morgan fingerprint density at radius 3 is 1.93 bits per heavy atom. The molecule has 1 unspecified atom stereocenters. The summed E-state index contributed by atoms with van der Waals surface area (Å²) in [5, 5.41) is 0. The van der Waals surface area contributed by atoms with Crippen molar-refractivity contribution in [2.75, 3.05) is 98.9 Å². The number of nitrogens with zero attached hydrogens (tertiary/aromatic N) is 2. The Hall–Kier alpha value is -1.56. The lowest BCUT2D eigenvalue weighted by molar-refractivity contribution is -0.146. The summed E-state index contributed by atoms with van der Waals surface area (Å²) in [6.45, 7) is 8.26. The Kier molecular flexibility index (Phi) is 12.6. The lowest BCUT2D eigenvalue weighted by Gasteiger charge is -2.24. The number of ether oxygens (including phenoxy) is 6. The number of amides is 2. The van der Waals surface area contributed by atoms with Gasteiger partial charge in [-0.1, -0.05) is 6.08 Å². The van der Waals surface area contributed by atoms with E-state index in [-0.39, 0.29) is 38.2 Å².